The molecule has 0 bridgehead atoms. The molecule has 1 heterocycles. The molecule has 8 nitrogen and oxygen atoms in total. The predicted molar refractivity (Wildman–Crippen MR) is 95.9 cm³/mol. The van der Waals surface area contributed by atoms with E-state index in [0.717, 1.165) is 10.6 Å². The van der Waals surface area contributed by atoms with Crippen LogP contribution < -0.4 is 9.03 Å². The Morgan fingerprint density at radius 1 is 1.19 bits per heavy atom. The maximum absolute atomic E-state index is 12.1. The van der Waals surface area contributed by atoms with E-state index in [4.69, 9.17) is 0 Å². The van der Waals surface area contributed by atoms with Crippen molar-refractivity contribution in [2.24, 2.45) is 0 Å². The van der Waals surface area contributed by atoms with Crippen LogP contribution in [0.3, 0.4) is 0 Å². The topological polar surface area (TPSA) is 121 Å². The van der Waals surface area contributed by atoms with Crippen LogP contribution in [-0.2, 0) is 24.8 Å². The molecule has 26 heavy (non-hydrogen) atoms. The molecule has 1 saturated heterocycles. The molecule has 2 aromatic carbocycles. The summed E-state index contributed by atoms with van der Waals surface area (Å²) in [6.07, 6.45) is 1.58. The predicted octanol–water partition coefficient (Wildman–Crippen LogP) is 0.685. The molecule has 1 atom stereocenters. The van der Waals surface area contributed by atoms with Gasteiger partial charge in [-0.05, 0) is 35.4 Å². The minimum atomic E-state index is -3.91. The number of nitrogens with zero attached hydrogens (tertiary/aromatic N) is 1. The first kappa shape index (κ1) is 18.4. The third-order valence-corrected chi connectivity index (χ3v) is 6.59. The van der Waals surface area contributed by atoms with Gasteiger partial charge in [0.25, 0.3) is 0 Å². The molecule has 3 rings (SSSR count). The lowest BCUT2D eigenvalue weighted by Gasteiger charge is -2.18. The third kappa shape index (κ3) is 3.43. The molecule has 0 amide bonds. The number of rotatable bonds is 4. The Hall–Kier alpha value is -2.43. The highest BCUT2D eigenvalue weighted by atomic mass is 32.2. The summed E-state index contributed by atoms with van der Waals surface area (Å²) in [6.45, 7) is -0.123. The van der Waals surface area contributed by atoms with E-state index >= 15 is 0 Å². The van der Waals surface area contributed by atoms with Gasteiger partial charge >= 0.3 is 10.2 Å². The molecule has 0 aliphatic carbocycles. The van der Waals surface area contributed by atoms with E-state index in [9.17, 15) is 26.7 Å². The Balaban J connectivity index is 2.00. The number of phenols is 1. The zero-order valence-corrected chi connectivity index (χ0v) is 15.3. The number of anilines is 1. The molecule has 2 aromatic rings. The van der Waals surface area contributed by atoms with Gasteiger partial charge in [0.15, 0.2) is 9.84 Å². The van der Waals surface area contributed by atoms with Crippen LogP contribution in [0, 0.1) is 0 Å². The molecule has 1 aliphatic rings. The molecular weight excluding hydrogens is 380 g/mol. The molecule has 2 N–H and O–H groups in total. The second-order valence-electron chi connectivity index (χ2n) is 5.90. The number of phenolic OH excluding ortho intramolecular Hbond substituents is 1. The van der Waals surface area contributed by atoms with Crippen molar-refractivity contribution in [3.63, 3.8) is 0 Å². The van der Waals surface area contributed by atoms with Crippen LogP contribution >= 0.6 is 0 Å². The van der Waals surface area contributed by atoms with Gasteiger partial charge in [-0.2, -0.15) is 13.1 Å². The molecular formula is C16H16N2O6S2. The van der Waals surface area contributed by atoms with Gasteiger partial charge in [-0.3, -0.25) is 4.31 Å². The Kier molecular flexibility index (Phi) is 4.51. The van der Waals surface area contributed by atoms with Gasteiger partial charge in [0.05, 0.1) is 23.2 Å². The highest BCUT2D eigenvalue weighted by Gasteiger charge is 2.36. The molecule has 0 aromatic heterocycles. The molecule has 10 heteroatoms. The smallest absolute Gasteiger partial charge is 0.302 e. The van der Waals surface area contributed by atoms with Crippen molar-refractivity contribution in [1.82, 2.24) is 4.72 Å². The van der Waals surface area contributed by atoms with Gasteiger partial charge in [0.1, 0.15) is 12.0 Å². The van der Waals surface area contributed by atoms with Crippen LogP contribution in [0.1, 0.15) is 0 Å². The first-order valence-corrected chi connectivity index (χ1v) is 10.8. The fourth-order valence-electron chi connectivity index (χ4n) is 2.69. The average Bonchev–Trinajstić information content (AvgIpc) is 2.89. The summed E-state index contributed by atoms with van der Waals surface area (Å²) >= 11 is 0. The fraction of sp³-hybridized carbons (Fsp3) is 0.188. The van der Waals surface area contributed by atoms with E-state index in [-0.39, 0.29) is 22.9 Å². The normalized spacial score (nSPS) is 19.4. The van der Waals surface area contributed by atoms with Crippen molar-refractivity contribution >= 4 is 32.0 Å². The summed E-state index contributed by atoms with van der Waals surface area (Å²) in [7, 11) is -7.30. The third-order valence-electron chi connectivity index (χ3n) is 3.96. The molecule has 0 radical (unpaired) electrons. The van der Waals surface area contributed by atoms with E-state index in [1.807, 2.05) is 0 Å². The van der Waals surface area contributed by atoms with E-state index in [0.29, 0.717) is 17.4 Å². The van der Waals surface area contributed by atoms with E-state index in [1.54, 1.807) is 18.2 Å². The first-order valence-electron chi connectivity index (χ1n) is 7.50. The van der Waals surface area contributed by atoms with Crippen LogP contribution in [0.2, 0.25) is 0 Å². The van der Waals surface area contributed by atoms with Gasteiger partial charge in [0.2, 0.25) is 0 Å². The number of aldehydes is 1. The van der Waals surface area contributed by atoms with Gasteiger partial charge < -0.3 is 9.90 Å². The summed E-state index contributed by atoms with van der Waals surface area (Å²) in [6, 6.07) is 9.64. The largest absolute Gasteiger partial charge is 0.506 e. The fourth-order valence-corrected chi connectivity index (χ4v) is 4.76. The Bertz CT molecular complexity index is 1080. The molecule has 0 saturated carbocycles. The van der Waals surface area contributed by atoms with Crippen LogP contribution in [0.15, 0.2) is 47.4 Å². The lowest BCUT2D eigenvalue weighted by molar-refractivity contribution is -0.108. The number of benzene rings is 2. The van der Waals surface area contributed by atoms with E-state index in [2.05, 4.69) is 4.72 Å². The number of hydrogen-bond donors (Lipinski definition) is 2. The highest BCUT2D eigenvalue weighted by molar-refractivity contribution is 7.91. The quantitative estimate of drug-likeness (QED) is 0.734. The van der Waals surface area contributed by atoms with Gasteiger partial charge in [-0.15, -0.1) is 0 Å². The lowest BCUT2D eigenvalue weighted by Crippen LogP contribution is -2.30. The van der Waals surface area contributed by atoms with Crippen LogP contribution in [0.4, 0.5) is 5.69 Å². The maximum atomic E-state index is 12.1. The second-order valence-corrected chi connectivity index (χ2v) is 9.54. The standard InChI is InChI=1S/C16H16N2O6S2/c1-25(21,22)14-4-2-3-11(7-14)12-5-6-15(16(20)8-12)18-9-13(10-19)17-26(18,23)24/h2-8,10,13,17,20H,9H2,1H3. The Morgan fingerprint density at radius 2 is 1.88 bits per heavy atom. The maximum Gasteiger partial charge on any atom is 0.302 e. The summed E-state index contributed by atoms with van der Waals surface area (Å²) in [5.41, 5.74) is 1.11. The molecule has 1 unspecified atom stereocenters. The number of carbonyl (C=O) groups is 1. The summed E-state index contributed by atoms with van der Waals surface area (Å²) in [4.78, 5) is 11.0. The van der Waals surface area contributed by atoms with Gasteiger partial charge in [-0.1, -0.05) is 18.2 Å². The minimum Gasteiger partial charge on any atom is -0.506 e. The van der Waals surface area contributed by atoms with E-state index < -0.39 is 26.1 Å². The monoisotopic (exact) mass is 396 g/mol. The lowest BCUT2D eigenvalue weighted by atomic mass is 10.0. The SMILES string of the molecule is CS(=O)(=O)c1cccc(-c2ccc(N3CC(C=O)NS3(=O)=O)c(O)c2)c1. The zero-order valence-electron chi connectivity index (χ0n) is 13.7. The number of hydrogen-bond acceptors (Lipinski definition) is 6. The number of aromatic hydroxyl groups is 1. The first-order chi connectivity index (χ1) is 12.1. The highest BCUT2D eigenvalue weighted by Crippen LogP contribution is 2.35. The van der Waals surface area contributed by atoms with Crippen LogP contribution in [0.5, 0.6) is 5.75 Å². The second kappa shape index (κ2) is 6.38. The summed E-state index contributed by atoms with van der Waals surface area (Å²) in [5.74, 6) is -0.302. The van der Waals surface area contributed by atoms with Crippen LogP contribution in [-0.4, -0.2) is 47.1 Å². The van der Waals surface area contributed by atoms with E-state index in [1.165, 1.54) is 24.3 Å². The molecule has 0 spiro atoms. The average molecular weight is 396 g/mol. The number of sulfone groups is 1. The van der Waals surface area contributed by atoms with Crippen LogP contribution in [0.25, 0.3) is 11.1 Å². The molecule has 1 fully saturated rings. The van der Waals surface area contributed by atoms with Crippen molar-refractivity contribution in [3.05, 3.63) is 42.5 Å². The number of carbonyl (C=O) groups excluding carboxylic acids is 1. The number of nitrogens with one attached hydrogen (secondary N) is 1. The Morgan fingerprint density at radius 3 is 2.46 bits per heavy atom. The van der Waals surface area contributed by atoms with Crippen molar-refractivity contribution in [1.29, 1.82) is 0 Å². The summed E-state index contributed by atoms with van der Waals surface area (Å²) < 4.78 is 50.6. The van der Waals surface area contributed by atoms with Gasteiger partial charge in [0, 0.05) is 6.26 Å². The molecule has 138 valence electrons. The van der Waals surface area contributed by atoms with Gasteiger partial charge in [-0.25, -0.2) is 8.42 Å². The van der Waals surface area contributed by atoms with Crippen molar-refractivity contribution < 1.29 is 26.7 Å². The Labute approximate surface area is 151 Å². The zero-order chi connectivity index (χ0) is 19.1. The van der Waals surface area contributed by atoms with Crippen molar-refractivity contribution in [2.75, 3.05) is 17.1 Å². The minimum absolute atomic E-state index is 0.0323. The summed E-state index contributed by atoms with van der Waals surface area (Å²) in [5, 5.41) is 10.3. The van der Waals surface area contributed by atoms with Crippen molar-refractivity contribution in [3.8, 4) is 16.9 Å². The molecule has 1 aliphatic heterocycles. The van der Waals surface area contributed by atoms with Crippen molar-refractivity contribution in [2.45, 2.75) is 10.9 Å².